The summed E-state index contributed by atoms with van der Waals surface area (Å²) in [5.41, 5.74) is 7.98. The fourth-order valence-corrected chi connectivity index (χ4v) is 2.06. The normalized spacial score (nSPS) is 10.2. The molecule has 0 saturated carbocycles. The zero-order chi connectivity index (χ0) is 15.2. The van der Waals surface area contributed by atoms with Gasteiger partial charge < -0.3 is 15.2 Å². The highest BCUT2D eigenvalue weighted by Crippen LogP contribution is 2.23. The highest BCUT2D eigenvalue weighted by molar-refractivity contribution is 6.30. The number of halogens is 1. The number of esters is 1. The lowest BCUT2D eigenvalue weighted by Crippen LogP contribution is -2.04. The van der Waals surface area contributed by atoms with Gasteiger partial charge in [0, 0.05) is 17.1 Å². The van der Waals surface area contributed by atoms with E-state index in [-0.39, 0.29) is 5.97 Å². The summed E-state index contributed by atoms with van der Waals surface area (Å²) >= 11 is 5.92. The van der Waals surface area contributed by atoms with E-state index in [2.05, 4.69) is 4.74 Å². The number of ether oxygens (including phenoxy) is 2. The van der Waals surface area contributed by atoms with E-state index in [0.717, 1.165) is 11.1 Å². The van der Waals surface area contributed by atoms with Gasteiger partial charge in [0.2, 0.25) is 0 Å². The summed E-state index contributed by atoms with van der Waals surface area (Å²) in [5.74, 6) is 0.351. The first-order chi connectivity index (χ1) is 10.1. The van der Waals surface area contributed by atoms with Crippen LogP contribution in [0.2, 0.25) is 5.02 Å². The maximum Gasteiger partial charge on any atom is 0.337 e. The number of benzene rings is 2. The second-order valence-corrected chi connectivity index (χ2v) is 4.87. The molecule has 0 saturated heterocycles. The maximum atomic E-state index is 11.3. The number of rotatable bonds is 5. The van der Waals surface area contributed by atoms with Crippen LogP contribution in [0, 0.1) is 0 Å². The van der Waals surface area contributed by atoms with Gasteiger partial charge in [-0.2, -0.15) is 0 Å². The SMILES string of the molecule is COC(=O)c1ccc(COc2ccc(Cl)cc2CN)cc1. The van der Waals surface area contributed by atoms with E-state index in [1.165, 1.54) is 7.11 Å². The Hall–Kier alpha value is -2.04. The van der Waals surface area contributed by atoms with Crippen LogP contribution in [-0.4, -0.2) is 13.1 Å². The predicted molar refractivity (Wildman–Crippen MR) is 81.5 cm³/mol. The van der Waals surface area contributed by atoms with E-state index < -0.39 is 0 Å². The molecule has 0 radical (unpaired) electrons. The van der Waals surface area contributed by atoms with Crippen LogP contribution in [-0.2, 0) is 17.9 Å². The van der Waals surface area contributed by atoms with E-state index in [4.69, 9.17) is 22.1 Å². The molecule has 0 bridgehead atoms. The van der Waals surface area contributed by atoms with Crippen LogP contribution in [0.1, 0.15) is 21.5 Å². The van der Waals surface area contributed by atoms with Crippen molar-refractivity contribution in [1.82, 2.24) is 0 Å². The summed E-state index contributed by atoms with van der Waals surface area (Å²) < 4.78 is 10.4. The highest BCUT2D eigenvalue weighted by Gasteiger charge is 2.06. The zero-order valence-corrected chi connectivity index (χ0v) is 12.4. The van der Waals surface area contributed by atoms with E-state index in [9.17, 15) is 4.79 Å². The fraction of sp³-hybridized carbons (Fsp3) is 0.188. The van der Waals surface area contributed by atoms with Gasteiger partial charge in [0.15, 0.2) is 0 Å². The molecule has 0 fully saturated rings. The number of carbonyl (C=O) groups is 1. The molecule has 2 rings (SSSR count). The number of carbonyl (C=O) groups excluding carboxylic acids is 1. The molecule has 0 spiro atoms. The fourth-order valence-electron chi connectivity index (χ4n) is 1.86. The van der Waals surface area contributed by atoms with Crippen molar-refractivity contribution in [1.29, 1.82) is 0 Å². The van der Waals surface area contributed by atoms with E-state index >= 15 is 0 Å². The standard InChI is InChI=1S/C16H16ClNO3/c1-20-16(19)12-4-2-11(3-5-12)10-21-15-7-6-14(17)8-13(15)9-18/h2-8H,9-10,18H2,1H3. The van der Waals surface area contributed by atoms with Crippen LogP contribution in [0.3, 0.4) is 0 Å². The number of nitrogens with two attached hydrogens (primary N) is 1. The van der Waals surface area contributed by atoms with Crippen LogP contribution >= 0.6 is 11.6 Å². The van der Waals surface area contributed by atoms with Crippen LogP contribution in [0.5, 0.6) is 5.75 Å². The quantitative estimate of drug-likeness (QED) is 0.862. The topological polar surface area (TPSA) is 61.5 Å². The van der Waals surface area contributed by atoms with Gasteiger partial charge in [0.1, 0.15) is 12.4 Å². The summed E-state index contributed by atoms with van der Waals surface area (Å²) in [6.07, 6.45) is 0. The molecule has 21 heavy (non-hydrogen) atoms. The molecule has 5 heteroatoms. The molecule has 0 aliphatic rings. The summed E-state index contributed by atoms with van der Waals surface area (Å²) in [6, 6.07) is 12.4. The van der Waals surface area contributed by atoms with E-state index in [0.29, 0.717) is 29.5 Å². The van der Waals surface area contributed by atoms with Crippen molar-refractivity contribution in [3.05, 3.63) is 64.2 Å². The Morgan fingerprint density at radius 1 is 1.19 bits per heavy atom. The minimum Gasteiger partial charge on any atom is -0.489 e. The average Bonchev–Trinajstić information content (AvgIpc) is 2.53. The van der Waals surface area contributed by atoms with Crippen molar-refractivity contribution in [3.8, 4) is 5.75 Å². The molecule has 2 aromatic rings. The van der Waals surface area contributed by atoms with Crippen molar-refractivity contribution >= 4 is 17.6 Å². The molecule has 0 amide bonds. The monoisotopic (exact) mass is 305 g/mol. The molecule has 0 unspecified atom stereocenters. The molecule has 110 valence electrons. The first-order valence-electron chi connectivity index (χ1n) is 6.42. The summed E-state index contributed by atoms with van der Waals surface area (Å²) in [4.78, 5) is 11.3. The van der Waals surface area contributed by atoms with Gasteiger partial charge in [-0.3, -0.25) is 0 Å². The molecule has 0 atom stereocenters. The van der Waals surface area contributed by atoms with Gasteiger partial charge >= 0.3 is 5.97 Å². The van der Waals surface area contributed by atoms with Gasteiger partial charge in [-0.05, 0) is 35.9 Å². The minimum atomic E-state index is -0.356. The molecule has 0 aliphatic heterocycles. The Kier molecular flexibility index (Phi) is 5.20. The second kappa shape index (κ2) is 7.11. The lowest BCUT2D eigenvalue weighted by Gasteiger charge is -2.11. The van der Waals surface area contributed by atoms with Gasteiger partial charge in [-0.15, -0.1) is 0 Å². The molecular formula is C16H16ClNO3. The van der Waals surface area contributed by atoms with Crippen molar-refractivity contribution < 1.29 is 14.3 Å². The molecule has 2 aromatic carbocycles. The largest absolute Gasteiger partial charge is 0.489 e. The van der Waals surface area contributed by atoms with Gasteiger partial charge in [0.25, 0.3) is 0 Å². The predicted octanol–water partition coefficient (Wildman–Crippen LogP) is 3.16. The van der Waals surface area contributed by atoms with Gasteiger partial charge in [-0.1, -0.05) is 23.7 Å². The van der Waals surface area contributed by atoms with Crippen molar-refractivity contribution in [2.75, 3.05) is 7.11 Å². The lowest BCUT2D eigenvalue weighted by molar-refractivity contribution is 0.0600. The van der Waals surface area contributed by atoms with Crippen molar-refractivity contribution in [3.63, 3.8) is 0 Å². The first-order valence-corrected chi connectivity index (χ1v) is 6.80. The smallest absolute Gasteiger partial charge is 0.337 e. The van der Waals surface area contributed by atoms with E-state index in [1.807, 2.05) is 12.1 Å². The Balaban J connectivity index is 2.05. The van der Waals surface area contributed by atoms with Gasteiger partial charge in [-0.25, -0.2) is 4.79 Å². The molecule has 2 N–H and O–H groups in total. The van der Waals surface area contributed by atoms with Crippen LogP contribution < -0.4 is 10.5 Å². The third-order valence-electron chi connectivity index (χ3n) is 3.01. The second-order valence-electron chi connectivity index (χ2n) is 4.43. The number of hydrogen-bond acceptors (Lipinski definition) is 4. The molecule has 0 aliphatic carbocycles. The Morgan fingerprint density at radius 3 is 2.52 bits per heavy atom. The molecule has 0 aromatic heterocycles. The van der Waals surface area contributed by atoms with Crippen LogP contribution in [0.15, 0.2) is 42.5 Å². The molecular weight excluding hydrogens is 290 g/mol. The zero-order valence-electron chi connectivity index (χ0n) is 11.6. The number of methoxy groups -OCH3 is 1. The van der Waals surface area contributed by atoms with E-state index in [1.54, 1.807) is 30.3 Å². The summed E-state index contributed by atoms with van der Waals surface area (Å²) in [6.45, 7) is 0.743. The van der Waals surface area contributed by atoms with Crippen LogP contribution in [0.25, 0.3) is 0 Å². The highest BCUT2D eigenvalue weighted by atomic mass is 35.5. The molecule has 0 heterocycles. The van der Waals surface area contributed by atoms with Crippen LogP contribution in [0.4, 0.5) is 0 Å². The Bertz CT molecular complexity index is 626. The third-order valence-corrected chi connectivity index (χ3v) is 3.25. The number of hydrogen-bond donors (Lipinski definition) is 1. The molecule has 4 nitrogen and oxygen atoms in total. The lowest BCUT2D eigenvalue weighted by atomic mass is 10.1. The maximum absolute atomic E-state index is 11.3. The Labute approximate surface area is 128 Å². The van der Waals surface area contributed by atoms with Crippen molar-refractivity contribution in [2.24, 2.45) is 5.73 Å². The summed E-state index contributed by atoms with van der Waals surface area (Å²) in [7, 11) is 1.36. The van der Waals surface area contributed by atoms with Gasteiger partial charge in [0.05, 0.1) is 12.7 Å². The third kappa shape index (κ3) is 3.97. The van der Waals surface area contributed by atoms with Crippen molar-refractivity contribution in [2.45, 2.75) is 13.2 Å². The minimum absolute atomic E-state index is 0.356. The first kappa shape index (κ1) is 15.4. The average molecular weight is 306 g/mol. The summed E-state index contributed by atoms with van der Waals surface area (Å²) in [5, 5.41) is 0.630. The Morgan fingerprint density at radius 2 is 1.90 bits per heavy atom.